The van der Waals surface area contributed by atoms with E-state index >= 15 is 0 Å². The maximum absolute atomic E-state index is 12.7. The molecule has 1 fully saturated rings. The number of piperidine rings is 1. The molecule has 1 aromatic carbocycles. The lowest BCUT2D eigenvalue weighted by molar-refractivity contribution is -0.151. The van der Waals surface area contributed by atoms with E-state index in [2.05, 4.69) is 4.98 Å². The van der Waals surface area contributed by atoms with Crippen LogP contribution in [0.25, 0.3) is 10.8 Å². The van der Waals surface area contributed by atoms with E-state index in [1.54, 1.807) is 42.7 Å². The number of thiazole rings is 1. The van der Waals surface area contributed by atoms with E-state index in [0.29, 0.717) is 37.4 Å². The number of carbonyl (C=O) groups is 1. The molecule has 2 aromatic heterocycles. The minimum Gasteiger partial charge on any atom is -0.462 e. The quantitative estimate of drug-likeness (QED) is 0.554. The Labute approximate surface area is 173 Å². The fourth-order valence-electron chi connectivity index (χ4n) is 3.22. The highest BCUT2D eigenvalue weighted by Crippen LogP contribution is 2.26. The van der Waals surface area contributed by atoms with Crippen LogP contribution in [0, 0.1) is 5.92 Å². The van der Waals surface area contributed by atoms with Gasteiger partial charge >= 0.3 is 5.97 Å². The van der Waals surface area contributed by atoms with Crippen LogP contribution in [0.5, 0.6) is 0 Å². The van der Waals surface area contributed by atoms with E-state index in [1.165, 1.54) is 15.6 Å². The minimum atomic E-state index is -3.52. The number of aromatic nitrogens is 1. The fourth-order valence-corrected chi connectivity index (χ4v) is 5.48. The Balaban J connectivity index is 1.29. The Bertz CT molecular complexity index is 1050. The van der Waals surface area contributed by atoms with Gasteiger partial charge in [-0.05, 0) is 37.1 Å². The molecule has 0 atom stereocenters. The number of sulfonamides is 1. The molecule has 152 valence electrons. The molecule has 0 spiro atoms. The van der Waals surface area contributed by atoms with Gasteiger partial charge in [0.1, 0.15) is 6.61 Å². The highest BCUT2D eigenvalue weighted by atomic mass is 32.2. The van der Waals surface area contributed by atoms with Crippen molar-refractivity contribution < 1.29 is 22.4 Å². The zero-order valence-electron chi connectivity index (χ0n) is 15.6. The lowest BCUT2D eigenvalue weighted by atomic mass is 9.98. The number of furan rings is 1. The van der Waals surface area contributed by atoms with Crippen LogP contribution in [0.3, 0.4) is 0 Å². The summed E-state index contributed by atoms with van der Waals surface area (Å²) in [5.74, 6) is 0.0642. The van der Waals surface area contributed by atoms with Crippen molar-refractivity contribution in [1.82, 2.24) is 9.29 Å². The van der Waals surface area contributed by atoms with Crippen LogP contribution in [0.4, 0.5) is 0 Å². The molecule has 1 aliphatic rings. The zero-order valence-corrected chi connectivity index (χ0v) is 17.2. The summed E-state index contributed by atoms with van der Waals surface area (Å²) in [5.41, 5.74) is 0.666. The number of esters is 1. The van der Waals surface area contributed by atoms with E-state index in [9.17, 15) is 13.2 Å². The number of hydrogen-bond donors (Lipinski definition) is 0. The number of hydrogen-bond acceptors (Lipinski definition) is 7. The van der Waals surface area contributed by atoms with Crippen LogP contribution in [-0.4, -0.2) is 36.8 Å². The third kappa shape index (κ3) is 4.42. The lowest BCUT2D eigenvalue weighted by Gasteiger charge is -2.30. The molecule has 0 aliphatic carbocycles. The van der Waals surface area contributed by atoms with Crippen molar-refractivity contribution in [2.24, 2.45) is 5.92 Å². The molecule has 29 heavy (non-hydrogen) atoms. The number of carbonyl (C=O) groups excluding carboxylic acids is 1. The molecule has 3 heterocycles. The highest BCUT2D eigenvalue weighted by molar-refractivity contribution is 7.89. The van der Waals surface area contributed by atoms with Gasteiger partial charge in [0.15, 0.2) is 10.8 Å². The van der Waals surface area contributed by atoms with Crippen molar-refractivity contribution in [3.63, 3.8) is 0 Å². The Morgan fingerprint density at radius 3 is 2.62 bits per heavy atom. The van der Waals surface area contributed by atoms with Gasteiger partial charge in [-0.3, -0.25) is 4.79 Å². The molecular weight excluding hydrogens is 412 g/mol. The van der Waals surface area contributed by atoms with Gasteiger partial charge in [0, 0.05) is 18.5 Å². The van der Waals surface area contributed by atoms with Crippen LogP contribution in [0.2, 0.25) is 0 Å². The maximum Gasteiger partial charge on any atom is 0.309 e. The summed E-state index contributed by atoms with van der Waals surface area (Å²) in [6.45, 7) is 0.700. The second-order valence-electron chi connectivity index (χ2n) is 6.72. The summed E-state index contributed by atoms with van der Waals surface area (Å²) >= 11 is 1.43. The van der Waals surface area contributed by atoms with Crippen molar-refractivity contribution in [2.45, 2.75) is 24.3 Å². The molecule has 4 rings (SSSR count). The second kappa shape index (κ2) is 8.48. The molecule has 9 heteroatoms. The molecule has 0 saturated carbocycles. The molecule has 0 amide bonds. The normalized spacial score (nSPS) is 16.0. The van der Waals surface area contributed by atoms with E-state index < -0.39 is 10.0 Å². The average molecular weight is 433 g/mol. The zero-order chi connectivity index (χ0) is 20.3. The van der Waals surface area contributed by atoms with Gasteiger partial charge in [0.05, 0.1) is 22.8 Å². The van der Waals surface area contributed by atoms with Gasteiger partial charge in [-0.25, -0.2) is 13.4 Å². The van der Waals surface area contributed by atoms with Crippen molar-refractivity contribution in [2.75, 3.05) is 13.1 Å². The van der Waals surface area contributed by atoms with E-state index in [1.807, 2.05) is 11.4 Å². The van der Waals surface area contributed by atoms with Gasteiger partial charge in [-0.2, -0.15) is 4.31 Å². The number of ether oxygens (including phenoxy) is 1. The first-order chi connectivity index (χ1) is 14.0. The van der Waals surface area contributed by atoms with Crippen LogP contribution >= 0.6 is 11.3 Å². The summed E-state index contributed by atoms with van der Waals surface area (Å²) in [5, 5.41) is 2.57. The monoisotopic (exact) mass is 432 g/mol. The lowest BCUT2D eigenvalue weighted by Crippen LogP contribution is -2.40. The standard InChI is InChI=1S/C20H20N2O5S2/c23-20(27-13-16-14-28-19(21-16)18-7-4-12-26-18)15-8-10-22(11-9-15)29(24,25)17-5-2-1-3-6-17/h1-7,12,14-15H,8-11,13H2. The van der Waals surface area contributed by atoms with Crippen molar-refractivity contribution >= 4 is 27.3 Å². The SMILES string of the molecule is O=C(OCc1csc(-c2ccco2)n1)C1CCN(S(=O)(=O)c2ccccc2)CC1. The van der Waals surface area contributed by atoms with Crippen LogP contribution in [-0.2, 0) is 26.2 Å². The van der Waals surface area contributed by atoms with Crippen LogP contribution < -0.4 is 0 Å². The Morgan fingerprint density at radius 2 is 1.93 bits per heavy atom. The Morgan fingerprint density at radius 1 is 1.17 bits per heavy atom. The molecule has 0 bridgehead atoms. The van der Waals surface area contributed by atoms with E-state index in [-0.39, 0.29) is 23.4 Å². The van der Waals surface area contributed by atoms with Gasteiger partial charge in [-0.1, -0.05) is 18.2 Å². The average Bonchev–Trinajstić information content (AvgIpc) is 3.44. The molecule has 0 N–H and O–H groups in total. The fraction of sp³-hybridized carbons (Fsp3) is 0.300. The van der Waals surface area contributed by atoms with Crippen LogP contribution in [0.15, 0.2) is 63.4 Å². The number of nitrogens with zero attached hydrogens (tertiary/aromatic N) is 2. The van der Waals surface area contributed by atoms with Crippen molar-refractivity contribution in [3.05, 3.63) is 59.8 Å². The molecule has 3 aromatic rings. The maximum atomic E-state index is 12.7. The molecule has 0 unspecified atom stereocenters. The van der Waals surface area contributed by atoms with Gasteiger partial charge < -0.3 is 9.15 Å². The van der Waals surface area contributed by atoms with E-state index in [0.717, 1.165) is 5.01 Å². The first-order valence-electron chi connectivity index (χ1n) is 9.24. The summed E-state index contributed by atoms with van der Waals surface area (Å²) in [7, 11) is -3.52. The predicted molar refractivity (Wildman–Crippen MR) is 108 cm³/mol. The summed E-state index contributed by atoms with van der Waals surface area (Å²) in [4.78, 5) is 17.1. The minimum absolute atomic E-state index is 0.0958. The largest absolute Gasteiger partial charge is 0.462 e. The van der Waals surface area contributed by atoms with Crippen molar-refractivity contribution in [3.8, 4) is 10.8 Å². The third-order valence-electron chi connectivity index (χ3n) is 4.81. The first-order valence-corrected chi connectivity index (χ1v) is 11.6. The molecule has 0 radical (unpaired) electrons. The van der Waals surface area contributed by atoms with Crippen LogP contribution in [0.1, 0.15) is 18.5 Å². The van der Waals surface area contributed by atoms with Gasteiger partial charge in [-0.15, -0.1) is 11.3 Å². The first kappa shape index (κ1) is 19.8. The van der Waals surface area contributed by atoms with Gasteiger partial charge in [0.25, 0.3) is 0 Å². The molecule has 1 saturated heterocycles. The summed E-state index contributed by atoms with van der Waals surface area (Å²) < 4.78 is 37.5. The second-order valence-corrected chi connectivity index (χ2v) is 9.52. The third-order valence-corrected chi connectivity index (χ3v) is 7.63. The van der Waals surface area contributed by atoms with E-state index in [4.69, 9.17) is 9.15 Å². The number of benzene rings is 1. The summed E-state index contributed by atoms with van der Waals surface area (Å²) in [6.07, 6.45) is 2.47. The molecule has 7 nitrogen and oxygen atoms in total. The highest BCUT2D eigenvalue weighted by Gasteiger charge is 2.32. The topological polar surface area (TPSA) is 89.7 Å². The summed E-state index contributed by atoms with van der Waals surface area (Å²) in [6, 6.07) is 12.0. The predicted octanol–water partition coefficient (Wildman–Crippen LogP) is 3.55. The van der Waals surface area contributed by atoms with Gasteiger partial charge in [0.2, 0.25) is 10.0 Å². The molecule has 1 aliphatic heterocycles. The smallest absolute Gasteiger partial charge is 0.309 e. The molecular formula is C20H20N2O5S2. The Hall–Kier alpha value is -2.49. The Kier molecular flexibility index (Phi) is 5.79. The number of rotatable bonds is 6. The van der Waals surface area contributed by atoms with Crippen molar-refractivity contribution in [1.29, 1.82) is 0 Å².